The van der Waals surface area contributed by atoms with E-state index in [9.17, 15) is 10.1 Å². The van der Waals surface area contributed by atoms with Crippen molar-refractivity contribution in [2.45, 2.75) is 13.8 Å². The first-order valence-corrected chi connectivity index (χ1v) is 9.31. The van der Waals surface area contributed by atoms with Gasteiger partial charge in [-0.3, -0.25) is 4.79 Å². The molecule has 1 amide bonds. The molecule has 0 aliphatic heterocycles. The third-order valence-corrected chi connectivity index (χ3v) is 4.72. The van der Waals surface area contributed by atoms with Gasteiger partial charge in [0.15, 0.2) is 11.5 Å². The van der Waals surface area contributed by atoms with Crippen LogP contribution in [0.15, 0.2) is 53.0 Å². The Labute approximate surface area is 173 Å². The molecule has 0 atom stereocenters. The molecule has 2 aromatic rings. The maximum Gasteiger partial charge on any atom is 0.266 e. The van der Waals surface area contributed by atoms with Gasteiger partial charge in [-0.2, -0.15) is 5.26 Å². The van der Waals surface area contributed by atoms with Crippen LogP contribution in [0.5, 0.6) is 11.5 Å². The van der Waals surface area contributed by atoms with Crippen LogP contribution < -0.4 is 14.8 Å². The van der Waals surface area contributed by atoms with Crippen molar-refractivity contribution in [1.29, 1.82) is 5.26 Å². The molecule has 0 unspecified atom stereocenters. The molecule has 0 aromatic heterocycles. The van der Waals surface area contributed by atoms with E-state index in [1.807, 2.05) is 32.0 Å². The zero-order valence-corrected chi connectivity index (χ0v) is 17.6. The lowest BCUT2D eigenvalue weighted by atomic mass is 10.1. The number of halogens is 1. The van der Waals surface area contributed by atoms with Crippen LogP contribution in [0, 0.1) is 25.2 Å². The zero-order valence-electron chi connectivity index (χ0n) is 16.0. The first kappa shape index (κ1) is 21.3. The van der Waals surface area contributed by atoms with Crippen LogP contribution in [0.4, 0.5) is 5.69 Å². The molecular weight excluding hydrogens is 420 g/mol. The van der Waals surface area contributed by atoms with Gasteiger partial charge < -0.3 is 14.8 Å². The summed E-state index contributed by atoms with van der Waals surface area (Å²) in [6.07, 6.45) is 3.14. The fourth-order valence-electron chi connectivity index (χ4n) is 2.50. The highest BCUT2D eigenvalue weighted by molar-refractivity contribution is 9.10. The summed E-state index contributed by atoms with van der Waals surface area (Å²) in [5, 5.41) is 12.3. The topological polar surface area (TPSA) is 71.3 Å². The number of nitriles is 1. The summed E-state index contributed by atoms with van der Waals surface area (Å²) in [5.41, 5.74) is 3.31. The average molecular weight is 441 g/mol. The van der Waals surface area contributed by atoms with Gasteiger partial charge in [0, 0.05) is 5.69 Å². The van der Waals surface area contributed by atoms with Crippen LogP contribution in [-0.2, 0) is 4.79 Å². The number of carbonyl (C=O) groups excluding carboxylic acids is 1. The van der Waals surface area contributed by atoms with Crippen LogP contribution in [0.25, 0.3) is 6.08 Å². The highest BCUT2D eigenvalue weighted by atomic mass is 79.9. The van der Waals surface area contributed by atoms with Crippen molar-refractivity contribution in [3.05, 3.63) is 69.7 Å². The number of hydrogen-bond acceptors (Lipinski definition) is 4. The van der Waals surface area contributed by atoms with Crippen LogP contribution >= 0.6 is 15.9 Å². The molecule has 0 radical (unpaired) electrons. The zero-order chi connectivity index (χ0) is 20.7. The lowest BCUT2D eigenvalue weighted by Crippen LogP contribution is -2.14. The van der Waals surface area contributed by atoms with Gasteiger partial charge in [0.25, 0.3) is 5.91 Å². The summed E-state index contributed by atoms with van der Waals surface area (Å²) < 4.78 is 11.6. The maximum absolute atomic E-state index is 12.6. The fourth-order valence-corrected chi connectivity index (χ4v) is 3.07. The molecule has 5 nitrogen and oxygen atoms in total. The van der Waals surface area contributed by atoms with Crippen LogP contribution in [-0.4, -0.2) is 19.6 Å². The number of hydrogen-bond donors (Lipinski definition) is 1. The molecule has 0 aliphatic carbocycles. The Morgan fingerprint density at radius 3 is 2.75 bits per heavy atom. The Balaban J connectivity index is 2.34. The van der Waals surface area contributed by atoms with Gasteiger partial charge in [-0.1, -0.05) is 24.8 Å². The predicted octanol–water partition coefficient (Wildman–Crippen LogP) is 5.19. The van der Waals surface area contributed by atoms with Gasteiger partial charge >= 0.3 is 0 Å². The van der Waals surface area contributed by atoms with Crippen molar-refractivity contribution in [2.75, 3.05) is 19.0 Å². The number of aryl methyl sites for hydroxylation is 1. The SMILES string of the molecule is C=CCOc1c(Br)cc(/C=C(/C#N)C(=O)Nc2cccc(C)c2C)cc1OC. The van der Waals surface area contributed by atoms with E-state index in [0.29, 0.717) is 33.8 Å². The summed E-state index contributed by atoms with van der Waals surface area (Å²) in [4.78, 5) is 12.6. The molecular formula is C22H21BrN2O3. The van der Waals surface area contributed by atoms with E-state index in [1.165, 1.54) is 13.2 Å². The first-order valence-electron chi connectivity index (χ1n) is 8.51. The van der Waals surface area contributed by atoms with Crippen molar-refractivity contribution in [1.82, 2.24) is 0 Å². The van der Waals surface area contributed by atoms with Crippen LogP contribution in [0.3, 0.4) is 0 Å². The van der Waals surface area contributed by atoms with E-state index in [1.54, 1.807) is 24.3 Å². The summed E-state index contributed by atoms with van der Waals surface area (Å²) >= 11 is 3.44. The molecule has 6 heteroatoms. The maximum atomic E-state index is 12.6. The molecule has 0 heterocycles. The molecule has 1 N–H and O–H groups in total. The largest absolute Gasteiger partial charge is 0.493 e. The number of ether oxygens (including phenoxy) is 2. The lowest BCUT2D eigenvalue weighted by Gasteiger charge is -2.13. The molecule has 0 bridgehead atoms. The van der Waals surface area contributed by atoms with Crippen molar-refractivity contribution in [3.8, 4) is 17.6 Å². The Bertz CT molecular complexity index is 974. The Kier molecular flexibility index (Phi) is 7.42. The summed E-state index contributed by atoms with van der Waals surface area (Å²) in [7, 11) is 1.52. The number of nitrogens with zero attached hydrogens (tertiary/aromatic N) is 1. The van der Waals surface area contributed by atoms with E-state index < -0.39 is 5.91 Å². The molecule has 144 valence electrons. The highest BCUT2D eigenvalue weighted by Crippen LogP contribution is 2.37. The van der Waals surface area contributed by atoms with E-state index >= 15 is 0 Å². The second-order valence-corrected chi connectivity index (χ2v) is 6.86. The molecule has 0 fully saturated rings. The number of amides is 1. The fraction of sp³-hybridized carbons (Fsp3) is 0.182. The van der Waals surface area contributed by atoms with Crippen molar-refractivity contribution < 1.29 is 14.3 Å². The Morgan fingerprint density at radius 2 is 2.11 bits per heavy atom. The number of anilines is 1. The normalized spacial score (nSPS) is 10.8. The van der Waals surface area contributed by atoms with Crippen LogP contribution in [0.2, 0.25) is 0 Å². The standard InChI is InChI=1S/C22H21BrN2O3/c1-5-9-28-21-18(23)11-16(12-20(21)27-4)10-17(13-24)22(26)25-19-8-6-7-14(2)15(19)3/h5-8,10-12H,1,9H2,2-4H3,(H,25,26)/b17-10-. The average Bonchev–Trinajstić information content (AvgIpc) is 2.68. The van der Waals surface area contributed by atoms with E-state index in [-0.39, 0.29) is 5.57 Å². The van der Waals surface area contributed by atoms with E-state index in [4.69, 9.17) is 9.47 Å². The van der Waals surface area contributed by atoms with Gasteiger partial charge in [0.2, 0.25) is 0 Å². The minimum absolute atomic E-state index is 0.0189. The van der Waals surface area contributed by atoms with Gasteiger partial charge in [-0.25, -0.2) is 0 Å². The third-order valence-electron chi connectivity index (χ3n) is 4.13. The van der Waals surface area contributed by atoms with Crippen LogP contribution in [0.1, 0.15) is 16.7 Å². The second kappa shape index (κ2) is 9.77. The third kappa shape index (κ3) is 5.02. The van der Waals surface area contributed by atoms with Gasteiger partial charge in [0.05, 0.1) is 11.6 Å². The predicted molar refractivity (Wildman–Crippen MR) is 115 cm³/mol. The lowest BCUT2D eigenvalue weighted by molar-refractivity contribution is -0.112. The smallest absolute Gasteiger partial charge is 0.266 e. The summed E-state index contributed by atoms with van der Waals surface area (Å²) in [6.45, 7) is 7.83. The highest BCUT2D eigenvalue weighted by Gasteiger charge is 2.14. The Hall–Kier alpha value is -3.04. The summed E-state index contributed by atoms with van der Waals surface area (Å²) in [6, 6.07) is 11.0. The molecule has 0 saturated carbocycles. The second-order valence-electron chi connectivity index (χ2n) is 6.01. The molecule has 0 aliphatic rings. The monoisotopic (exact) mass is 440 g/mol. The quantitative estimate of drug-likeness (QED) is 0.365. The Morgan fingerprint density at radius 1 is 1.36 bits per heavy atom. The molecule has 0 saturated heterocycles. The molecule has 2 aromatic carbocycles. The van der Waals surface area contributed by atoms with E-state index in [0.717, 1.165) is 11.1 Å². The van der Waals surface area contributed by atoms with Crippen molar-refractivity contribution in [3.63, 3.8) is 0 Å². The van der Waals surface area contributed by atoms with Gasteiger partial charge in [-0.05, 0) is 70.7 Å². The minimum Gasteiger partial charge on any atom is -0.493 e. The molecule has 28 heavy (non-hydrogen) atoms. The minimum atomic E-state index is -0.474. The van der Waals surface area contributed by atoms with Crippen molar-refractivity contribution >= 4 is 33.6 Å². The first-order chi connectivity index (χ1) is 13.4. The number of carbonyl (C=O) groups is 1. The number of rotatable bonds is 7. The van der Waals surface area contributed by atoms with Crippen molar-refractivity contribution in [2.24, 2.45) is 0 Å². The van der Waals surface area contributed by atoms with Gasteiger partial charge in [0.1, 0.15) is 18.2 Å². The van der Waals surface area contributed by atoms with E-state index in [2.05, 4.69) is 27.8 Å². The van der Waals surface area contributed by atoms with Gasteiger partial charge in [-0.15, -0.1) is 0 Å². The summed E-state index contributed by atoms with van der Waals surface area (Å²) in [5.74, 6) is 0.533. The molecule has 0 spiro atoms. The number of benzene rings is 2. The molecule has 2 rings (SSSR count). The number of nitrogens with one attached hydrogen (secondary N) is 1. The number of methoxy groups -OCH3 is 1.